The fourth-order valence-electron chi connectivity index (χ4n) is 2.84. The molecule has 0 saturated carbocycles. The van der Waals surface area contributed by atoms with E-state index in [0.717, 1.165) is 37.8 Å². The maximum absolute atomic E-state index is 12.0. The third kappa shape index (κ3) is 5.94. The first kappa shape index (κ1) is 17.9. The Labute approximate surface area is 141 Å². The van der Waals surface area contributed by atoms with E-state index in [0.29, 0.717) is 17.5 Å². The molecule has 1 heterocycles. The molecule has 1 aliphatic rings. The predicted molar refractivity (Wildman–Crippen MR) is 91.6 cm³/mol. The molecule has 0 bridgehead atoms. The molecule has 0 radical (unpaired) electrons. The third-order valence-electron chi connectivity index (χ3n) is 3.74. The number of hydrogen-bond donors (Lipinski definition) is 1. The highest BCUT2D eigenvalue weighted by Crippen LogP contribution is 2.31. The monoisotopic (exact) mass is 338 g/mol. The third-order valence-corrected chi connectivity index (χ3v) is 4.82. The Morgan fingerprint density at radius 2 is 2.04 bits per heavy atom. The van der Waals surface area contributed by atoms with E-state index in [1.54, 1.807) is 11.3 Å². The van der Waals surface area contributed by atoms with Crippen molar-refractivity contribution in [3.63, 3.8) is 0 Å². The van der Waals surface area contributed by atoms with Gasteiger partial charge in [0.25, 0.3) is 0 Å². The summed E-state index contributed by atoms with van der Waals surface area (Å²) in [5.74, 6) is 0.172. The highest BCUT2D eigenvalue weighted by Gasteiger charge is 2.23. The summed E-state index contributed by atoms with van der Waals surface area (Å²) >= 11 is 1.56. The molecule has 1 N–H and O–H groups in total. The van der Waals surface area contributed by atoms with Gasteiger partial charge in [-0.15, -0.1) is 11.3 Å². The first-order chi connectivity index (χ1) is 10.7. The Morgan fingerprint density at radius 1 is 1.30 bits per heavy atom. The van der Waals surface area contributed by atoms with E-state index < -0.39 is 5.60 Å². The molecule has 1 unspecified atom stereocenters. The molecule has 0 aliphatic heterocycles. The van der Waals surface area contributed by atoms with Crippen LogP contribution < -0.4 is 5.32 Å². The van der Waals surface area contributed by atoms with Gasteiger partial charge in [0.1, 0.15) is 5.60 Å². The number of rotatable bonds is 3. The van der Waals surface area contributed by atoms with Crippen LogP contribution in [0.3, 0.4) is 0 Å². The van der Waals surface area contributed by atoms with Crippen LogP contribution in [0, 0.1) is 5.92 Å². The van der Waals surface area contributed by atoms with Gasteiger partial charge in [-0.25, -0.2) is 4.98 Å². The van der Waals surface area contributed by atoms with E-state index >= 15 is 0 Å². The van der Waals surface area contributed by atoms with Crippen LogP contribution in [-0.2, 0) is 27.2 Å². The van der Waals surface area contributed by atoms with Gasteiger partial charge in [-0.2, -0.15) is 0 Å². The van der Waals surface area contributed by atoms with Crippen LogP contribution in [0.1, 0.15) is 63.9 Å². The zero-order valence-corrected chi connectivity index (χ0v) is 15.2. The topological polar surface area (TPSA) is 68.3 Å². The van der Waals surface area contributed by atoms with E-state index in [9.17, 15) is 9.59 Å². The Morgan fingerprint density at radius 3 is 2.70 bits per heavy atom. The van der Waals surface area contributed by atoms with Gasteiger partial charge in [0.15, 0.2) is 5.13 Å². The summed E-state index contributed by atoms with van der Waals surface area (Å²) in [5.41, 5.74) is 0.686. The Kier molecular flexibility index (Phi) is 5.79. The highest BCUT2D eigenvalue weighted by atomic mass is 32.1. The summed E-state index contributed by atoms with van der Waals surface area (Å²) in [6.45, 7) is 7.19. The van der Waals surface area contributed by atoms with Crippen LogP contribution in [0.5, 0.6) is 0 Å². The number of hydrogen-bond acceptors (Lipinski definition) is 5. The summed E-state index contributed by atoms with van der Waals surface area (Å²) in [4.78, 5) is 28.9. The minimum Gasteiger partial charge on any atom is -0.460 e. The van der Waals surface area contributed by atoms with Gasteiger partial charge in [0.2, 0.25) is 5.91 Å². The maximum Gasteiger partial charge on any atom is 0.306 e. The molecule has 0 spiro atoms. The minimum atomic E-state index is -0.420. The molecule has 0 saturated heterocycles. The number of carbonyl (C=O) groups excluding carboxylic acids is 2. The lowest BCUT2D eigenvalue weighted by Crippen LogP contribution is -2.25. The van der Waals surface area contributed by atoms with Crippen molar-refractivity contribution in [3.8, 4) is 0 Å². The Balaban J connectivity index is 1.94. The Hall–Kier alpha value is -1.43. The van der Waals surface area contributed by atoms with Gasteiger partial charge in [-0.1, -0.05) is 0 Å². The van der Waals surface area contributed by atoms with Crippen molar-refractivity contribution in [3.05, 3.63) is 10.6 Å². The molecule has 1 aliphatic carbocycles. The number of aryl methyl sites for hydroxylation is 2. The second kappa shape index (κ2) is 7.43. The van der Waals surface area contributed by atoms with Crippen LogP contribution in [-0.4, -0.2) is 22.5 Å². The number of aromatic nitrogens is 1. The van der Waals surface area contributed by atoms with Crippen molar-refractivity contribution < 1.29 is 14.3 Å². The van der Waals surface area contributed by atoms with Gasteiger partial charge in [-0.3, -0.25) is 9.59 Å². The first-order valence-corrected chi connectivity index (χ1v) is 9.02. The molecule has 0 aromatic carbocycles. The van der Waals surface area contributed by atoms with E-state index in [2.05, 4.69) is 10.3 Å². The standard InChI is InChI=1S/C17H26N2O3S/c1-11(20)18-16-19-13-7-5-6-12(8-9-14(13)23-16)10-15(21)22-17(2,3)4/h12H,5-10H2,1-4H3,(H,18,19,20). The van der Waals surface area contributed by atoms with Gasteiger partial charge in [-0.05, 0) is 58.8 Å². The molecule has 1 aromatic rings. The minimum absolute atomic E-state index is 0.0884. The van der Waals surface area contributed by atoms with Crippen molar-refractivity contribution in [2.45, 2.75) is 71.8 Å². The second-order valence-corrected chi connectivity index (χ2v) is 8.24. The number of carbonyl (C=O) groups is 2. The van der Waals surface area contributed by atoms with E-state index in [-0.39, 0.29) is 11.9 Å². The summed E-state index contributed by atoms with van der Waals surface area (Å²) < 4.78 is 5.43. The average molecular weight is 338 g/mol. The largest absolute Gasteiger partial charge is 0.460 e. The Bertz CT molecular complexity index is 575. The number of ether oxygens (including phenoxy) is 1. The summed E-state index contributed by atoms with van der Waals surface area (Å²) in [7, 11) is 0. The quantitative estimate of drug-likeness (QED) is 0.853. The normalized spacial score (nSPS) is 18.5. The molecular formula is C17H26N2O3S. The maximum atomic E-state index is 12.0. The lowest BCUT2D eigenvalue weighted by molar-refractivity contribution is -0.156. The van der Waals surface area contributed by atoms with Gasteiger partial charge in [0, 0.05) is 18.2 Å². The lowest BCUT2D eigenvalue weighted by atomic mass is 9.90. The summed E-state index contributed by atoms with van der Waals surface area (Å²) in [6, 6.07) is 0. The number of esters is 1. The van der Waals surface area contributed by atoms with E-state index in [1.807, 2.05) is 20.8 Å². The van der Waals surface area contributed by atoms with Crippen molar-refractivity contribution >= 4 is 28.3 Å². The molecule has 1 aromatic heterocycles. The lowest BCUT2D eigenvalue weighted by Gasteiger charge is -2.23. The van der Waals surface area contributed by atoms with Crippen LogP contribution in [0.25, 0.3) is 0 Å². The average Bonchev–Trinajstić information content (AvgIpc) is 2.71. The molecule has 1 amide bonds. The molecule has 128 valence electrons. The zero-order valence-electron chi connectivity index (χ0n) is 14.4. The van der Waals surface area contributed by atoms with Crippen LogP contribution >= 0.6 is 11.3 Å². The van der Waals surface area contributed by atoms with Gasteiger partial charge < -0.3 is 10.1 Å². The first-order valence-electron chi connectivity index (χ1n) is 8.21. The number of amides is 1. The smallest absolute Gasteiger partial charge is 0.306 e. The summed E-state index contributed by atoms with van der Waals surface area (Å²) in [5, 5.41) is 3.45. The number of fused-ring (bicyclic) bond motifs is 1. The van der Waals surface area contributed by atoms with Crippen molar-refractivity contribution in [1.82, 2.24) is 4.98 Å². The SMILES string of the molecule is CC(=O)Nc1nc2c(s1)CCC(CC(=O)OC(C)(C)C)CCC2. The van der Waals surface area contributed by atoms with Crippen molar-refractivity contribution in [2.75, 3.05) is 5.32 Å². The van der Waals surface area contributed by atoms with Gasteiger partial charge >= 0.3 is 5.97 Å². The predicted octanol–water partition coefficient (Wildman–Crippen LogP) is 3.72. The molecule has 23 heavy (non-hydrogen) atoms. The highest BCUT2D eigenvalue weighted by molar-refractivity contribution is 7.15. The molecule has 0 fully saturated rings. The molecule has 5 nitrogen and oxygen atoms in total. The van der Waals surface area contributed by atoms with Gasteiger partial charge in [0.05, 0.1) is 5.69 Å². The number of nitrogens with zero attached hydrogens (tertiary/aromatic N) is 1. The fourth-order valence-corrected chi connectivity index (χ4v) is 3.91. The summed E-state index contributed by atoms with van der Waals surface area (Å²) in [6.07, 6.45) is 5.32. The number of nitrogens with one attached hydrogen (secondary N) is 1. The zero-order chi connectivity index (χ0) is 17.0. The molecule has 1 atom stereocenters. The molecule has 2 rings (SSSR count). The fraction of sp³-hybridized carbons (Fsp3) is 0.706. The van der Waals surface area contributed by atoms with Crippen LogP contribution in [0.4, 0.5) is 5.13 Å². The van der Waals surface area contributed by atoms with E-state index in [1.165, 1.54) is 11.8 Å². The number of thiazole rings is 1. The number of anilines is 1. The second-order valence-electron chi connectivity index (χ2n) is 7.16. The molecule has 6 heteroatoms. The van der Waals surface area contributed by atoms with Crippen molar-refractivity contribution in [1.29, 1.82) is 0 Å². The van der Waals surface area contributed by atoms with Crippen molar-refractivity contribution in [2.24, 2.45) is 5.92 Å². The van der Waals surface area contributed by atoms with Crippen LogP contribution in [0.2, 0.25) is 0 Å². The van der Waals surface area contributed by atoms with E-state index in [4.69, 9.17) is 4.74 Å². The molecular weight excluding hydrogens is 312 g/mol. The van der Waals surface area contributed by atoms with Crippen LogP contribution in [0.15, 0.2) is 0 Å².